The smallest absolute Gasteiger partial charge is 0.341 e. The lowest BCUT2D eigenvalue weighted by atomic mass is 10.1. The highest BCUT2D eigenvalue weighted by Crippen LogP contribution is 2.40. The molecule has 0 saturated carbocycles. The first kappa shape index (κ1) is 20.7. The van der Waals surface area contributed by atoms with Crippen molar-refractivity contribution in [3.8, 4) is 17.2 Å². The predicted octanol–water partition coefficient (Wildman–Crippen LogP) is 6.68. The van der Waals surface area contributed by atoms with Crippen molar-refractivity contribution in [2.24, 2.45) is 0 Å². The number of aliphatic carboxylic acids is 1. The van der Waals surface area contributed by atoms with Crippen LogP contribution in [0.25, 0.3) is 10.9 Å². The molecule has 0 spiro atoms. The number of benzene rings is 2. The number of carboxylic acids is 1. The lowest BCUT2D eigenvalue weighted by Gasteiger charge is -2.12. The molecular weight excluding hydrogens is 490 g/mol. The van der Waals surface area contributed by atoms with Crippen LogP contribution in [0.4, 0.5) is 0 Å². The molecule has 0 fully saturated rings. The number of carbonyl (C=O) groups is 1. The molecule has 3 aromatic rings. The molecule has 2 aromatic carbocycles. The number of halogens is 2. The van der Waals surface area contributed by atoms with Crippen LogP contribution in [0.15, 0.2) is 45.5 Å². The highest BCUT2D eigenvalue weighted by atomic mass is 79.9. The summed E-state index contributed by atoms with van der Waals surface area (Å²) in [5, 5.41) is 9.92. The number of carboxylic acid groups (broad SMARTS) is 1. The number of hydrogen-bond donors (Lipinski definition) is 2. The van der Waals surface area contributed by atoms with Gasteiger partial charge in [0.05, 0.1) is 8.95 Å². The van der Waals surface area contributed by atoms with Crippen LogP contribution in [0.1, 0.15) is 31.7 Å². The molecular formula is C21H21Br2NO4. The lowest BCUT2D eigenvalue weighted by molar-refractivity contribution is -0.139. The quantitative estimate of drug-likeness (QED) is 0.315. The Hall–Kier alpha value is -1.99. The summed E-state index contributed by atoms with van der Waals surface area (Å²) in [5.74, 6) is 0.740. The van der Waals surface area contributed by atoms with Gasteiger partial charge in [-0.2, -0.15) is 0 Å². The molecule has 0 unspecified atom stereocenters. The maximum Gasteiger partial charge on any atom is 0.341 e. The van der Waals surface area contributed by atoms with Crippen LogP contribution >= 0.6 is 31.9 Å². The highest BCUT2D eigenvalue weighted by Gasteiger charge is 2.13. The zero-order chi connectivity index (χ0) is 20.1. The first-order valence-corrected chi connectivity index (χ1v) is 10.7. The molecule has 0 saturated heterocycles. The van der Waals surface area contributed by atoms with Gasteiger partial charge in [0.15, 0.2) is 12.4 Å². The van der Waals surface area contributed by atoms with E-state index < -0.39 is 12.6 Å². The van der Waals surface area contributed by atoms with Crippen LogP contribution in [0.2, 0.25) is 0 Å². The molecule has 0 aliphatic rings. The van der Waals surface area contributed by atoms with Gasteiger partial charge in [-0.25, -0.2) is 4.79 Å². The van der Waals surface area contributed by atoms with Crippen molar-refractivity contribution in [2.75, 3.05) is 6.61 Å². The summed E-state index contributed by atoms with van der Waals surface area (Å²) >= 11 is 6.95. The molecule has 0 atom stereocenters. The summed E-state index contributed by atoms with van der Waals surface area (Å²) in [4.78, 5) is 14.0. The fourth-order valence-electron chi connectivity index (χ4n) is 2.97. The second-order valence-electron chi connectivity index (χ2n) is 6.48. The van der Waals surface area contributed by atoms with Crippen LogP contribution in [-0.2, 0) is 11.2 Å². The van der Waals surface area contributed by atoms with E-state index in [2.05, 4.69) is 50.0 Å². The number of nitrogens with one attached hydrogen (secondary N) is 1. The van der Waals surface area contributed by atoms with Crippen molar-refractivity contribution >= 4 is 48.7 Å². The molecule has 1 aromatic heterocycles. The summed E-state index contributed by atoms with van der Waals surface area (Å²) in [5.41, 5.74) is 2.39. The van der Waals surface area contributed by atoms with Crippen molar-refractivity contribution in [1.82, 2.24) is 4.98 Å². The van der Waals surface area contributed by atoms with E-state index in [4.69, 9.17) is 14.6 Å². The Kier molecular flexibility index (Phi) is 7.02. The first-order valence-electron chi connectivity index (χ1n) is 9.09. The monoisotopic (exact) mass is 509 g/mol. The van der Waals surface area contributed by atoms with E-state index >= 15 is 0 Å². The molecule has 3 rings (SSSR count). The first-order chi connectivity index (χ1) is 13.5. The standard InChI is InChI=1S/C21H21Br2NO4/c1-2-3-4-5-13-11-24-19-7-6-14(8-16(13)19)28-21-17(22)9-15(10-18(21)23)27-12-20(25)26/h6-11,24H,2-5,12H2,1H3,(H,25,26). The van der Waals surface area contributed by atoms with E-state index in [1.54, 1.807) is 12.1 Å². The van der Waals surface area contributed by atoms with Crippen LogP contribution < -0.4 is 9.47 Å². The second-order valence-corrected chi connectivity index (χ2v) is 8.19. The maximum atomic E-state index is 10.7. The van der Waals surface area contributed by atoms with E-state index in [1.165, 1.54) is 30.2 Å². The van der Waals surface area contributed by atoms with Crippen LogP contribution in [-0.4, -0.2) is 22.7 Å². The van der Waals surface area contributed by atoms with Crippen LogP contribution in [0.5, 0.6) is 17.2 Å². The lowest BCUT2D eigenvalue weighted by Crippen LogP contribution is -2.09. The van der Waals surface area contributed by atoms with Crippen molar-refractivity contribution in [1.29, 1.82) is 0 Å². The summed E-state index contributed by atoms with van der Waals surface area (Å²) in [6.07, 6.45) is 6.71. The summed E-state index contributed by atoms with van der Waals surface area (Å²) in [6.45, 7) is 1.80. The van der Waals surface area contributed by atoms with Gasteiger partial charge in [-0.3, -0.25) is 0 Å². The average Bonchev–Trinajstić information content (AvgIpc) is 3.05. The summed E-state index contributed by atoms with van der Waals surface area (Å²) in [6, 6.07) is 9.35. The van der Waals surface area contributed by atoms with Gasteiger partial charge >= 0.3 is 5.97 Å². The Balaban J connectivity index is 1.81. The van der Waals surface area contributed by atoms with E-state index in [0.29, 0.717) is 20.4 Å². The van der Waals surface area contributed by atoms with Crippen LogP contribution in [0, 0.1) is 0 Å². The molecule has 5 nitrogen and oxygen atoms in total. The average molecular weight is 511 g/mol. The Labute approximate surface area is 180 Å². The van der Waals surface area contributed by atoms with Crippen molar-refractivity contribution in [3.05, 3.63) is 51.0 Å². The number of aryl methyl sites for hydroxylation is 1. The molecule has 0 aliphatic carbocycles. The Bertz CT molecular complexity index is 961. The minimum atomic E-state index is -1.03. The number of fused-ring (bicyclic) bond motifs is 1. The van der Waals surface area contributed by atoms with Gasteiger partial charge in [0.25, 0.3) is 0 Å². The fourth-order valence-corrected chi connectivity index (χ4v) is 4.28. The minimum Gasteiger partial charge on any atom is -0.482 e. The number of H-pyrrole nitrogens is 1. The number of unbranched alkanes of at least 4 members (excludes halogenated alkanes) is 2. The Morgan fingerprint density at radius 2 is 1.86 bits per heavy atom. The maximum absolute atomic E-state index is 10.7. The second kappa shape index (κ2) is 9.47. The highest BCUT2D eigenvalue weighted by molar-refractivity contribution is 9.11. The third-order valence-corrected chi connectivity index (χ3v) is 5.52. The largest absolute Gasteiger partial charge is 0.482 e. The van der Waals surface area contributed by atoms with Gasteiger partial charge in [0.2, 0.25) is 0 Å². The normalized spacial score (nSPS) is 11.0. The van der Waals surface area contributed by atoms with Crippen molar-refractivity contribution < 1.29 is 19.4 Å². The fraction of sp³-hybridized carbons (Fsp3) is 0.286. The number of hydrogen-bond acceptors (Lipinski definition) is 3. The zero-order valence-electron chi connectivity index (χ0n) is 15.4. The molecule has 148 valence electrons. The molecule has 7 heteroatoms. The molecule has 0 amide bonds. The van der Waals surface area contributed by atoms with E-state index in [1.807, 2.05) is 18.2 Å². The predicted molar refractivity (Wildman–Crippen MR) is 117 cm³/mol. The van der Waals surface area contributed by atoms with E-state index in [9.17, 15) is 4.79 Å². The van der Waals surface area contributed by atoms with E-state index in [-0.39, 0.29) is 0 Å². The summed E-state index contributed by atoms with van der Waals surface area (Å²) < 4.78 is 12.7. The molecule has 0 aliphatic heterocycles. The number of ether oxygens (including phenoxy) is 2. The molecule has 28 heavy (non-hydrogen) atoms. The Morgan fingerprint density at radius 3 is 2.54 bits per heavy atom. The Morgan fingerprint density at radius 1 is 1.11 bits per heavy atom. The molecule has 0 radical (unpaired) electrons. The topological polar surface area (TPSA) is 71.5 Å². The zero-order valence-corrected chi connectivity index (χ0v) is 18.6. The van der Waals surface area contributed by atoms with Crippen LogP contribution in [0.3, 0.4) is 0 Å². The SMILES string of the molecule is CCCCCc1c[nH]c2ccc(Oc3c(Br)cc(OCC(=O)O)cc3Br)cc12. The van der Waals surface area contributed by atoms with Crippen molar-refractivity contribution in [3.63, 3.8) is 0 Å². The van der Waals surface area contributed by atoms with Gasteiger partial charge in [0, 0.05) is 17.1 Å². The van der Waals surface area contributed by atoms with E-state index in [0.717, 1.165) is 17.7 Å². The van der Waals surface area contributed by atoms with Crippen molar-refractivity contribution in [2.45, 2.75) is 32.6 Å². The third kappa shape index (κ3) is 5.08. The number of rotatable bonds is 9. The molecule has 2 N–H and O–H groups in total. The summed E-state index contributed by atoms with van der Waals surface area (Å²) in [7, 11) is 0. The van der Waals surface area contributed by atoms with Gasteiger partial charge in [-0.15, -0.1) is 0 Å². The van der Waals surface area contributed by atoms with Gasteiger partial charge in [-0.05, 0) is 80.6 Å². The van der Waals surface area contributed by atoms with Gasteiger partial charge in [0.1, 0.15) is 11.5 Å². The minimum absolute atomic E-state index is 0.399. The number of aromatic nitrogens is 1. The molecule has 0 bridgehead atoms. The van der Waals surface area contributed by atoms with Gasteiger partial charge < -0.3 is 19.6 Å². The van der Waals surface area contributed by atoms with Gasteiger partial charge in [-0.1, -0.05) is 19.8 Å². The third-order valence-electron chi connectivity index (χ3n) is 4.34. The molecule has 1 heterocycles. The number of aromatic amines is 1.